The van der Waals surface area contributed by atoms with Crippen LogP contribution in [0, 0.1) is 5.92 Å². The van der Waals surface area contributed by atoms with E-state index < -0.39 is 10.0 Å². The molecule has 1 aromatic rings. The quantitative estimate of drug-likeness (QED) is 0.807. The Kier molecular flexibility index (Phi) is 4.35. The second-order valence-electron chi connectivity index (χ2n) is 3.98. The van der Waals surface area contributed by atoms with Crippen molar-refractivity contribution < 1.29 is 8.42 Å². The summed E-state index contributed by atoms with van der Waals surface area (Å²) in [7, 11) is -1.85. The highest BCUT2D eigenvalue weighted by molar-refractivity contribution is 7.89. The molecule has 0 radical (unpaired) electrons. The van der Waals surface area contributed by atoms with Gasteiger partial charge in [0, 0.05) is 25.2 Å². The van der Waals surface area contributed by atoms with Gasteiger partial charge in [0.1, 0.15) is 4.90 Å². The van der Waals surface area contributed by atoms with Gasteiger partial charge in [-0.25, -0.2) is 13.1 Å². The Bertz CT molecular complexity index is 441. The normalized spacial score (nSPS) is 14.3. The number of aromatic nitrogens is 2. The summed E-state index contributed by atoms with van der Waals surface area (Å²) >= 11 is 5.71. The SMILES string of the molecule is CC(C)C(CCl)NS(=O)(=O)c1cnn(C)c1. The van der Waals surface area contributed by atoms with Crippen LogP contribution in [0.15, 0.2) is 17.3 Å². The molecule has 0 spiro atoms. The molecule has 0 saturated carbocycles. The third-order valence-electron chi connectivity index (χ3n) is 2.27. The molecule has 1 aromatic heterocycles. The number of nitrogens with one attached hydrogen (secondary N) is 1. The molecule has 0 aliphatic carbocycles. The molecule has 16 heavy (non-hydrogen) atoms. The molecule has 0 fully saturated rings. The van der Waals surface area contributed by atoms with Crippen LogP contribution in [0.3, 0.4) is 0 Å². The molecule has 1 rings (SSSR count). The first kappa shape index (κ1) is 13.5. The predicted octanol–water partition coefficient (Wildman–Crippen LogP) is 0.962. The van der Waals surface area contributed by atoms with Gasteiger partial charge in [0.05, 0.1) is 6.20 Å². The monoisotopic (exact) mass is 265 g/mol. The maximum atomic E-state index is 11.9. The fraction of sp³-hybridized carbons (Fsp3) is 0.667. The van der Waals surface area contributed by atoms with Gasteiger partial charge in [-0.05, 0) is 5.92 Å². The number of halogens is 1. The molecule has 0 aliphatic rings. The minimum Gasteiger partial charge on any atom is -0.274 e. The molecule has 0 bridgehead atoms. The van der Waals surface area contributed by atoms with E-state index in [1.807, 2.05) is 13.8 Å². The summed E-state index contributed by atoms with van der Waals surface area (Å²) in [4.78, 5) is 0.158. The van der Waals surface area contributed by atoms with Crippen LogP contribution in [-0.2, 0) is 17.1 Å². The van der Waals surface area contributed by atoms with E-state index in [-0.39, 0.29) is 22.7 Å². The molecule has 0 aromatic carbocycles. The fourth-order valence-electron chi connectivity index (χ4n) is 1.15. The summed E-state index contributed by atoms with van der Waals surface area (Å²) in [5.74, 6) is 0.390. The standard InChI is InChI=1S/C9H16ClN3O2S/c1-7(2)9(4-10)12-16(14,15)8-5-11-13(3)6-8/h5-7,9,12H,4H2,1-3H3. The summed E-state index contributed by atoms with van der Waals surface area (Å²) in [5, 5.41) is 3.83. The van der Waals surface area contributed by atoms with Crippen LogP contribution >= 0.6 is 11.6 Å². The van der Waals surface area contributed by atoms with Gasteiger partial charge in [-0.1, -0.05) is 13.8 Å². The average Bonchev–Trinajstić information content (AvgIpc) is 2.61. The van der Waals surface area contributed by atoms with Gasteiger partial charge >= 0.3 is 0 Å². The lowest BCUT2D eigenvalue weighted by molar-refractivity contribution is 0.480. The van der Waals surface area contributed by atoms with Gasteiger partial charge < -0.3 is 0 Å². The van der Waals surface area contributed by atoms with Crippen LogP contribution in [0.25, 0.3) is 0 Å². The Morgan fingerprint density at radius 2 is 2.19 bits per heavy atom. The van der Waals surface area contributed by atoms with Crippen molar-refractivity contribution in [1.82, 2.24) is 14.5 Å². The van der Waals surface area contributed by atoms with Crippen LogP contribution < -0.4 is 4.72 Å². The zero-order chi connectivity index (χ0) is 12.3. The molecule has 1 N–H and O–H groups in total. The van der Waals surface area contributed by atoms with E-state index in [4.69, 9.17) is 11.6 Å². The van der Waals surface area contributed by atoms with Crippen molar-refractivity contribution in [2.24, 2.45) is 13.0 Å². The molecule has 7 heteroatoms. The minimum absolute atomic E-state index is 0.143. The van der Waals surface area contributed by atoms with E-state index in [9.17, 15) is 8.42 Å². The Hall–Kier alpha value is -0.590. The highest BCUT2D eigenvalue weighted by Gasteiger charge is 2.22. The predicted molar refractivity (Wildman–Crippen MR) is 62.9 cm³/mol. The summed E-state index contributed by atoms with van der Waals surface area (Å²) < 4.78 is 27.8. The van der Waals surface area contributed by atoms with Gasteiger partial charge in [-0.15, -0.1) is 11.6 Å². The second kappa shape index (κ2) is 5.16. The molecule has 0 aliphatic heterocycles. The number of aryl methyl sites for hydroxylation is 1. The highest BCUT2D eigenvalue weighted by Crippen LogP contribution is 2.11. The number of alkyl halides is 1. The zero-order valence-electron chi connectivity index (χ0n) is 9.51. The molecule has 5 nitrogen and oxygen atoms in total. The molecule has 92 valence electrons. The number of hydrogen-bond acceptors (Lipinski definition) is 3. The van der Waals surface area contributed by atoms with E-state index in [2.05, 4.69) is 9.82 Å². The number of sulfonamides is 1. The molecule has 1 unspecified atom stereocenters. The largest absolute Gasteiger partial charge is 0.274 e. The van der Waals surface area contributed by atoms with Crippen LogP contribution in [0.2, 0.25) is 0 Å². The van der Waals surface area contributed by atoms with Crippen LogP contribution in [0.5, 0.6) is 0 Å². The fourth-order valence-corrected chi connectivity index (χ4v) is 3.04. The van der Waals surface area contributed by atoms with Crippen LogP contribution in [0.4, 0.5) is 0 Å². The number of nitrogens with zero attached hydrogens (tertiary/aromatic N) is 2. The third kappa shape index (κ3) is 3.20. The van der Waals surface area contributed by atoms with Gasteiger partial charge in [-0.3, -0.25) is 4.68 Å². The van der Waals surface area contributed by atoms with Crippen LogP contribution in [0.1, 0.15) is 13.8 Å². The maximum Gasteiger partial charge on any atom is 0.243 e. The van der Waals surface area contributed by atoms with E-state index in [0.717, 1.165) is 0 Å². The topological polar surface area (TPSA) is 64.0 Å². The van der Waals surface area contributed by atoms with Crippen molar-refractivity contribution in [3.8, 4) is 0 Å². The van der Waals surface area contributed by atoms with Crippen LogP contribution in [-0.4, -0.2) is 30.1 Å². The van der Waals surface area contributed by atoms with Gasteiger partial charge in [-0.2, -0.15) is 5.10 Å². The Balaban J connectivity index is 2.87. The summed E-state index contributed by atoms with van der Waals surface area (Å²) in [6.45, 7) is 3.83. The van der Waals surface area contributed by atoms with E-state index in [1.165, 1.54) is 17.1 Å². The Labute approximate surface area is 101 Å². The van der Waals surface area contributed by atoms with E-state index in [1.54, 1.807) is 7.05 Å². The third-order valence-corrected chi connectivity index (χ3v) is 4.05. The first-order chi connectivity index (χ1) is 7.36. The number of hydrogen-bond donors (Lipinski definition) is 1. The first-order valence-corrected chi connectivity index (χ1v) is 6.95. The Morgan fingerprint density at radius 1 is 1.56 bits per heavy atom. The lowest BCUT2D eigenvalue weighted by Crippen LogP contribution is -2.39. The zero-order valence-corrected chi connectivity index (χ0v) is 11.1. The van der Waals surface area contributed by atoms with E-state index >= 15 is 0 Å². The average molecular weight is 266 g/mol. The van der Waals surface area contributed by atoms with E-state index in [0.29, 0.717) is 0 Å². The smallest absolute Gasteiger partial charge is 0.243 e. The lowest BCUT2D eigenvalue weighted by Gasteiger charge is -2.18. The van der Waals surface area contributed by atoms with Crippen molar-refractivity contribution in [1.29, 1.82) is 0 Å². The van der Waals surface area contributed by atoms with Crippen molar-refractivity contribution in [2.45, 2.75) is 24.8 Å². The molecule has 1 atom stereocenters. The number of rotatable bonds is 5. The summed E-state index contributed by atoms with van der Waals surface area (Å²) in [5.41, 5.74) is 0. The maximum absolute atomic E-state index is 11.9. The summed E-state index contributed by atoms with van der Waals surface area (Å²) in [6.07, 6.45) is 2.77. The molecule has 0 amide bonds. The lowest BCUT2D eigenvalue weighted by atomic mass is 10.1. The van der Waals surface area contributed by atoms with Gasteiger partial charge in [0.25, 0.3) is 0 Å². The first-order valence-electron chi connectivity index (χ1n) is 4.93. The van der Waals surface area contributed by atoms with Gasteiger partial charge in [0.2, 0.25) is 10.0 Å². The molecule has 0 saturated heterocycles. The van der Waals surface area contributed by atoms with Crippen molar-refractivity contribution in [3.63, 3.8) is 0 Å². The highest BCUT2D eigenvalue weighted by atomic mass is 35.5. The second-order valence-corrected chi connectivity index (χ2v) is 6.00. The van der Waals surface area contributed by atoms with Gasteiger partial charge in [0.15, 0.2) is 0 Å². The molecular weight excluding hydrogens is 250 g/mol. The minimum atomic E-state index is -3.51. The molecular formula is C9H16ClN3O2S. The molecule has 1 heterocycles. The Morgan fingerprint density at radius 3 is 2.56 bits per heavy atom. The van der Waals surface area contributed by atoms with Crippen molar-refractivity contribution in [3.05, 3.63) is 12.4 Å². The van der Waals surface area contributed by atoms with Crippen molar-refractivity contribution >= 4 is 21.6 Å². The summed E-state index contributed by atoms with van der Waals surface area (Å²) in [6, 6.07) is -0.271. The van der Waals surface area contributed by atoms with Crippen molar-refractivity contribution in [2.75, 3.05) is 5.88 Å².